The molecule has 6 nitrogen and oxygen atoms in total. The van der Waals surface area contributed by atoms with E-state index in [9.17, 15) is 4.79 Å². The highest BCUT2D eigenvalue weighted by molar-refractivity contribution is 5.76. The summed E-state index contributed by atoms with van der Waals surface area (Å²) in [6.45, 7) is 5.37. The van der Waals surface area contributed by atoms with E-state index in [4.69, 9.17) is 4.52 Å². The van der Waals surface area contributed by atoms with Gasteiger partial charge in [0, 0.05) is 38.5 Å². The molecule has 1 unspecified atom stereocenters. The summed E-state index contributed by atoms with van der Waals surface area (Å²) in [6.07, 6.45) is 4.85. The van der Waals surface area contributed by atoms with Gasteiger partial charge in [0.25, 0.3) is 0 Å². The van der Waals surface area contributed by atoms with Crippen LogP contribution in [0.25, 0.3) is 0 Å². The van der Waals surface area contributed by atoms with Crippen LogP contribution in [-0.4, -0.2) is 52.0 Å². The van der Waals surface area contributed by atoms with Crippen LogP contribution in [0.5, 0.6) is 0 Å². The van der Waals surface area contributed by atoms with Gasteiger partial charge in [-0.3, -0.25) is 9.69 Å². The standard InChI is InChI=1S/C21H28N4O2/c1-16(21-22-20(23-27-21)18-10-11-18)24-12-14-25(15-13-24)19(26)9-5-8-17-6-3-2-4-7-17/h2-4,6-7,16,18H,5,8-15H2,1H3. The average Bonchev–Trinajstić information content (AvgIpc) is 3.45. The van der Waals surface area contributed by atoms with Crippen molar-refractivity contribution in [2.75, 3.05) is 26.2 Å². The minimum atomic E-state index is 0.111. The van der Waals surface area contributed by atoms with Crippen molar-refractivity contribution in [1.82, 2.24) is 19.9 Å². The van der Waals surface area contributed by atoms with Gasteiger partial charge < -0.3 is 9.42 Å². The Labute approximate surface area is 160 Å². The minimum Gasteiger partial charge on any atom is -0.340 e. The molecule has 2 heterocycles. The molecule has 144 valence electrons. The van der Waals surface area contributed by atoms with Gasteiger partial charge in [-0.25, -0.2) is 0 Å². The maximum absolute atomic E-state index is 12.5. The zero-order valence-electron chi connectivity index (χ0n) is 16.0. The van der Waals surface area contributed by atoms with E-state index >= 15 is 0 Å². The van der Waals surface area contributed by atoms with E-state index in [0.717, 1.165) is 44.8 Å². The third-order valence-electron chi connectivity index (χ3n) is 5.67. The number of nitrogens with zero attached hydrogens (tertiary/aromatic N) is 4. The van der Waals surface area contributed by atoms with Gasteiger partial charge >= 0.3 is 0 Å². The number of hydrogen-bond acceptors (Lipinski definition) is 5. The van der Waals surface area contributed by atoms with Crippen molar-refractivity contribution < 1.29 is 9.32 Å². The molecule has 0 radical (unpaired) electrons. The minimum absolute atomic E-state index is 0.111. The Morgan fingerprint density at radius 2 is 1.93 bits per heavy atom. The van der Waals surface area contributed by atoms with Crippen molar-refractivity contribution in [3.05, 3.63) is 47.6 Å². The van der Waals surface area contributed by atoms with Crippen LogP contribution in [0, 0.1) is 0 Å². The van der Waals surface area contributed by atoms with Crippen molar-refractivity contribution >= 4 is 5.91 Å². The van der Waals surface area contributed by atoms with Crippen molar-refractivity contribution in [3.63, 3.8) is 0 Å². The predicted molar refractivity (Wildman–Crippen MR) is 102 cm³/mol. The van der Waals surface area contributed by atoms with Crippen LogP contribution >= 0.6 is 0 Å². The molecule has 1 amide bonds. The fourth-order valence-electron chi connectivity index (χ4n) is 3.69. The van der Waals surface area contributed by atoms with E-state index in [1.165, 1.54) is 18.4 Å². The van der Waals surface area contributed by atoms with Crippen molar-refractivity contribution in [2.45, 2.75) is 51.0 Å². The average molecular weight is 368 g/mol. The lowest BCUT2D eigenvalue weighted by molar-refractivity contribution is -0.133. The molecule has 6 heteroatoms. The Morgan fingerprint density at radius 3 is 2.63 bits per heavy atom. The summed E-state index contributed by atoms with van der Waals surface area (Å²) in [7, 11) is 0. The number of rotatable bonds is 7. The predicted octanol–water partition coefficient (Wildman–Crippen LogP) is 3.18. The highest BCUT2D eigenvalue weighted by Gasteiger charge is 2.31. The van der Waals surface area contributed by atoms with Gasteiger partial charge in [0.15, 0.2) is 5.82 Å². The first-order valence-electron chi connectivity index (χ1n) is 10.1. The summed E-state index contributed by atoms with van der Waals surface area (Å²) in [4.78, 5) is 21.4. The number of benzene rings is 1. The summed E-state index contributed by atoms with van der Waals surface area (Å²) in [6, 6.07) is 10.5. The molecular formula is C21H28N4O2. The quantitative estimate of drug-likeness (QED) is 0.751. The van der Waals surface area contributed by atoms with Crippen molar-refractivity contribution in [2.24, 2.45) is 0 Å². The molecule has 1 saturated heterocycles. The first kappa shape index (κ1) is 18.2. The van der Waals surface area contributed by atoms with Crippen LogP contribution in [0.1, 0.15) is 61.8 Å². The van der Waals surface area contributed by atoms with Gasteiger partial charge in [0.05, 0.1) is 6.04 Å². The Balaban J connectivity index is 1.21. The SMILES string of the molecule is CC(c1nc(C2CC2)no1)N1CCN(C(=O)CCCc2ccccc2)CC1. The maximum Gasteiger partial charge on any atom is 0.243 e. The topological polar surface area (TPSA) is 62.5 Å². The van der Waals surface area contributed by atoms with E-state index in [1.54, 1.807) is 0 Å². The van der Waals surface area contributed by atoms with Gasteiger partial charge in [-0.05, 0) is 38.2 Å². The van der Waals surface area contributed by atoms with E-state index in [0.29, 0.717) is 18.2 Å². The van der Waals surface area contributed by atoms with E-state index < -0.39 is 0 Å². The normalized spacial score (nSPS) is 19.2. The van der Waals surface area contributed by atoms with Crippen LogP contribution in [0.3, 0.4) is 0 Å². The number of amides is 1. The molecule has 2 fully saturated rings. The van der Waals surface area contributed by atoms with Gasteiger partial charge in [0.1, 0.15) is 0 Å². The van der Waals surface area contributed by atoms with Crippen molar-refractivity contribution in [1.29, 1.82) is 0 Å². The van der Waals surface area contributed by atoms with Crippen LogP contribution in [0.2, 0.25) is 0 Å². The highest BCUT2D eigenvalue weighted by Crippen LogP contribution is 2.38. The zero-order valence-corrected chi connectivity index (χ0v) is 16.0. The number of aromatic nitrogens is 2. The molecule has 0 spiro atoms. The zero-order chi connectivity index (χ0) is 18.6. The molecule has 1 aliphatic carbocycles. The smallest absolute Gasteiger partial charge is 0.243 e. The number of carbonyl (C=O) groups excluding carboxylic acids is 1. The van der Waals surface area contributed by atoms with E-state index in [2.05, 4.69) is 46.2 Å². The molecule has 1 saturated carbocycles. The monoisotopic (exact) mass is 368 g/mol. The summed E-state index contributed by atoms with van der Waals surface area (Å²) < 4.78 is 5.47. The van der Waals surface area contributed by atoms with Gasteiger partial charge in [0.2, 0.25) is 11.8 Å². The number of carbonyl (C=O) groups is 1. The molecule has 1 atom stereocenters. The molecule has 2 aromatic rings. The van der Waals surface area contributed by atoms with Crippen LogP contribution in [0.15, 0.2) is 34.9 Å². The molecule has 4 rings (SSSR count). The molecule has 2 aliphatic rings. The highest BCUT2D eigenvalue weighted by atomic mass is 16.5. The Hall–Kier alpha value is -2.21. The van der Waals surface area contributed by atoms with Gasteiger partial charge in [-0.1, -0.05) is 35.5 Å². The van der Waals surface area contributed by atoms with Gasteiger partial charge in [-0.15, -0.1) is 0 Å². The van der Waals surface area contributed by atoms with Crippen LogP contribution in [-0.2, 0) is 11.2 Å². The lowest BCUT2D eigenvalue weighted by atomic mass is 10.1. The van der Waals surface area contributed by atoms with E-state index in [1.807, 2.05) is 11.0 Å². The van der Waals surface area contributed by atoms with Crippen LogP contribution < -0.4 is 0 Å². The van der Waals surface area contributed by atoms with Crippen LogP contribution in [0.4, 0.5) is 0 Å². The lowest BCUT2D eigenvalue weighted by Crippen LogP contribution is -2.49. The van der Waals surface area contributed by atoms with Gasteiger partial charge in [-0.2, -0.15) is 4.98 Å². The number of aryl methyl sites for hydroxylation is 1. The number of hydrogen-bond donors (Lipinski definition) is 0. The third kappa shape index (κ3) is 4.56. The summed E-state index contributed by atoms with van der Waals surface area (Å²) in [5.41, 5.74) is 1.30. The largest absolute Gasteiger partial charge is 0.340 e. The molecule has 27 heavy (non-hydrogen) atoms. The molecule has 1 aromatic heterocycles. The Morgan fingerprint density at radius 1 is 1.19 bits per heavy atom. The summed E-state index contributed by atoms with van der Waals surface area (Å²) >= 11 is 0. The number of piperazine rings is 1. The Kier molecular flexibility index (Phi) is 5.53. The Bertz CT molecular complexity index is 749. The second kappa shape index (κ2) is 8.21. The van der Waals surface area contributed by atoms with E-state index in [-0.39, 0.29) is 11.9 Å². The summed E-state index contributed by atoms with van der Waals surface area (Å²) in [5.74, 6) is 2.36. The third-order valence-corrected chi connectivity index (χ3v) is 5.67. The molecule has 1 aliphatic heterocycles. The summed E-state index contributed by atoms with van der Waals surface area (Å²) in [5, 5.41) is 4.12. The fraction of sp³-hybridized carbons (Fsp3) is 0.571. The fourth-order valence-corrected chi connectivity index (χ4v) is 3.69. The maximum atomic E-state index is 12.5. The second-order valence-corrected chi connectivity index (χ2v) is 7.70. The molecule has 0 bridgehead atoms. The molecular weight excluding hydrogens is 340 g/mol. The molecule has 0 N–H and O–H groups in total. The molecule has 1 aromatic carbocycles. The van der Waals surface area contributed by atoms with Crippen molar-refractivity contribution in [3.8, 4) is 0 Å². The first-order chi connectivity index (χ1) is 13.2. The first-order valence-corrected chi connectivity index (χ1v) is 10.1. The second-order valence-electron chi connectivity index (χ2n) is 7.70. The lowest BCUT2D eigenvalue weighted by Gasteiger charge is -2.36.